The largest absolute Gasteiger partial charge is 0.477 e. The molecule has 0 radical (unpaired) electrons. The van der Waals surface area contributed by atoms with E-state index in [1.54, 1.807) is 18.2 Å². The summed E-state index contributed by atoms with van der Waals surface area (Å²) in [6.07, 6.45) is 4.95. The maximum atomic E-state index is 11.8. The molecule has 10 heteroatoms. The van der Waals surface area contributed by atoms with Gasteiger partial charge < -0.3 is 14.4 Å². The summed E-state index contributed by atoms with van der Waals surface area (Å²) in [5, 5.41) is 17.5. The summed E-state index contributed by atoms with van der Waals surface area (Å²) in [7, 11) is 0. The molecule has 0 saturated carbocycles. The lowest BCUT2D eigenvalue weighted by Crippen LogP contribution is -2.29. The molecule has 0 spiro atoms. The molecule has 7 nitrogen and oxygen atoms in total. The summed E-state index contributed by atoms with van der Waals surface area (Å²) < 4.78 is 6.74. The fraction of sp³-hybridized carbons (Fsp3) is 0.250. The first kappa shape index (κ1) is 21.0. The Balaban J connectivity index is 1.54. The van der Waals surface area contributed by atoms with Crippen molar-refractivity contribution in [1.82, 2.24) is 15.2 Å². The average Bonchev–Trinajstić information content (AvgIpc) is 3.35. The van der Waals surface area contributed by atoms with Gasteiger partial charge in [-0.05, 0) is 71.2 Å². The maximum Gasteiger partial charge on any atom is 0.342 e. The standard InChI is InChI=1S/C20H18BrClN4O3S/c21-15-10-14(29-18(15)26-8-2-1-3-9-26)11-16(19(27)28)30-20-23-17(24-25-20)12-4-6-13(22)7-5-12/h4-7,10-11H,1-3,8-9H2,(H,27,28)(H,23,24,25)/b16-11-. The number of furan rings is 1. The molecule has 30 heavy (non-hydrogen) atoms. The van der Waals surface area contributed by atoms with Crippen LogP contribution in [0.4, 0.5) is 5.88 Å². The van der Waals surface area contributed by atoms with Crippen molar-refractivity contribution in [2.24, 2.45) is 0 Å². The van der Waals surface area contributed by atoms with E-state index in [1.165, 1.54) is 12.5 Å². The smallest absolute Gasteiger partial charge is 0.342 e. The Bertz CT molecular complexity index is 1070. The number of H-pyrrole nitrogens is 1. The molecule has 2 N–H and O–H groups in total. The zero-order chi connectivity index (χ0) is 21.1. The van der Waals surface area contributed by atoms with Crippen molar-refractivity contribution in [3.8, 4) is 11.4 Å². The summed E-state index contributed by atoms with van der Waals surface area (Å²) in [5.41, 5.74) is 0.806. The highest BCUT2D eigenvalue weighted by molar-refractivity contribution is 9.10. The number of hydrogen-bond donors (Lipinski definition) is 2. The topological polar surface area (TPSA) is 95.2 Å². The van der Waals surface area contributed by atoms with Gasteiger partial charge in [0.2, 0.25) is 11.0 Å². The van der Waals surface area contributed by atoms with Crippen molar-refractivity contribution in [3.05, 3.63) is 50.5 Å². The van der Waals surface area contributed by atoms with Gasteiger partial charge in [-0.3, -0.25) is 5.10 Å². The van der Waals surface area contributed by atoms with Gasteiger partial charge in [-0.1, -0.05) is 11.6 Å². The number of nitrogens with one attached hydrogen (secondary N) is 1. The lowest BCUT2D eigenvalue weighted by atomic mass is 10.1. The van der Waals surface area contributed by atoms with E-state index in [1.807, 2.05) is 12.1 Å². The van der Waals surface area contributed by atoms with Gasteiger partial charge in [0.05, 0.1) is 4.47 Å². The monoisotopic (exact) mass is 508 g/mol. The van der Waals surface area contributed by atoms with E-state index >= 15 is 0 Å². The van der Waals surface area contributed by atoms with Gasteiger partial charge in [0.15, 0.2) is 5.82 Å². The molecule has 1 aliphatic heterocycles. The van der Waals surface area contributed by atoms with E-state index in [2.05, 4.69) is 36.0 Å². The van der Waals surface area contributed by atoms with Crippen LogP contribution in [0.1, 0.15) is 25.0 Å². The molecule has 3 heterocycles. The molecule has 0 atom stereocenters. The molecule has 0 aliphatic carbocycles. The normalized spacial score (nSPS) is 14.9. The van der Waals surface area contributed by atoms with Gasteiger partial charge in [-0.15, -0.1) is 5.10 Å². The molecule has 0 bridgehead atoms. The summed E-state index contributed by atoms with van der Waals surface area (Å²) in [5.74, 6) is 0.649. The number of hydrogen-bond acceptors (Lipinski definition) is 6. The van der Waals surface area contributed by atoms with Crippen molar-refractivity contribution >= 4 is 57.2 Å². The van der Waals surface area contributed by atoms with Crippen LogP contribution in [0.5, 0.6) is 0 Å². The molecular formula is C20H18BrClN4O3S. The number of aromatic nitrogens is 3. The Morgan fingerprint density at radius 3 is 2.70 bits per heavy atom. The van der Waals surface area contributed by atoms with Gasteiger partial charge in [0.1, 0.15) is 10.7 Å². The fourth-order valence-corrected chi connectivity index (χ4v) is 4.52. The first-order valence-corrected chi connectivity index (χ1v) is 11.3. The van der Waals surface area contributed by atoms with Gasteiger partial charge in [-0.2, -0.15) is 0 Å². The number of benzene rings is 1. The van der Waals surface area contributed by atoms with E-state index in [-0.39, 0.29) is 4.91 Å². The number of nitrogens with zero attached hydrogens (tertiary/aromatic N) is 3. The minimum absolute atomic E-state index is 0.0584. The van der Waals surface area contributed by atoms with Gasteiger partial charge in [0.25, 0.3) is 0 Å². The fourth-order valence-electron chi connectivity index (χ4n) is 3.15. The first-order chi connectivity index (χ1) is 14.5. The highest BCUT2D eigenvalue weighted by Gasteiger charge is 2.20. The third-order valence-corrected chi connectivity index (χ3v) is 6.30. The minimum atomic E-state index is -1.08. The number of anilines is 1. The maximum absolute atomic E-state index is 11.8. The Labute approximate surface area is 190 Å². The predicted molar refractivity (Wildman–Crippen MR) is 121 cm³/mol. The van der Waals surface area contributed by atoms with Crippen molar-refractivity contribution < 1.29 is 14.3 Å². The van der Waals surface area contributed by atoms with Gasteiger partial charge >= 0.3 is 5.97 Å². The lowest BCUT2D eigenvalue weighted by Gasteiger charge is -2.26. The molecule has 1 fully saturated rings. The van der Waals surface area contributed by atoms with E-state index in [4.69, 9.17) is 16.0 Å². The second kappa shape index (κ2) is 9.28. The SMILES string of the molecule is O=C(O)/C(=C/c1cc(Br)c(N2CCCCC2)o1)Sc1n[nH]c(-c2ccc(Cl)cc2)n1. The van der Waals surface area contributed by atoms with Gasteiger partial charge in [-0.25, -0.2) is 9.78 Å². The number of aromatic amines is 1. The highest BCUT2D eigenvalue weighted by atomic mass is 79.9. The quantitative estimate of drug-likeness (QED) is 0.325. The highest BCUT2D eigenvalue weighted by Crippen LogP contribution is 2.35. The molecule has 0 amide bonds. The molecule has 1 aliphatic rings. The minimum Gasteiger partial charge on any atom is -0.477 e. The van der Waals surface area contributed by atoms with Crippen LogP contribution in [0.3, 0.4) is 0 Å². The average molecular weight is 510 g/mol. The van der Waals surface area contributed by atoms with Crippen molar-refractivity contribution in [3.63, 3.8) is 0 Å². The Morgan fingerprint density at radius 2 is 2.00 bits per heavy atom. The third-order valence-electron chi connectivity index (χ3n) is 4.60. The Hall–Kier alpha value is -2.23. The van der Waals surface area contributed by atoms with Crippen molar-refractivity contribution in [2.45, 2.75) is 24.4 Å². The van der Waals surface area contributed by atoms with Crippen LogP contribution in [-0.4, -0.2) is 39.3 Å². The number of aliphatic carboxylic acids is 1. The van der Waals surface area contributed by atoms with E-state index in [0.29, 0.717) is 21.8 Å². The lowest BCUT2D eigenvalue weighted by molar-refractivity contribution is -0.131. The Morgan fingerprint density at radius 1 is 1.27 bits per heavy atom. The van der Waals surface area contributed by atoms with Gasteiger partial charge in [0, 0.05) is 35.8 Å². The summed E-state index contributed by atoms with van der Waals surface area (Å²) >= 11 is 10.4. The zero-order valence-corrected chi connectivity index (χ0v) is 18.9. The molecule has 1 saturated heterocycles. The molecule has 0 unspecified atom stereocenters. The zero-order valence-electron chi connectivity index (χ0n) is 15.8. The van der Waals surface area contributed by atoms with E-state index in [9.17, 15) is 9.90 Å². The predicted octanol–water partition coefficient (Wildman–Crippen LogP) is 5.69. The van der Waals surface area contributed by atoms with E-state index in [0.717, 1.165) is 53.6 Å². The van der Waals surface area contributed by atoms with Crippen LogP contribution in [-0.2, 0) is 4.79 Å². The van der Waals surface area contributed by atoms with Crippen molar-refractivity contribution in [1.29, 1.82) is 0 Å². The number of carbonyl (C=O) groups is 1. The number of piperidine rings is 1. The van der Waals surface area contributed by atoms with Crippen LogP contribution in [0, 0.1) is 0 Å². The summed E-state index contributed by atoms with van der Waals surface area (Å²) in [6, 6.07) is 8.92. The summed E-state index contributed by atoms with van der Waals surface area (Å²) in [6.45, 7) is 1.86. The molecular weight excluding hydrogens is 492 g/mol. The van der Waals surface area contributed by atoms with Crippen LogP contribution >= 0.6 is 39.3 Å². The molecule has 4 rings (SSSR count). The summed E-state index contributed by atoms with van der Waals surface area (Å²) in [4.78, 5) is 18.4. The second-order valence-electron chi connectivity index (χ2n) is 6.74. The molecule has 2 aromatic heterocycles. The number of rotatable bonds is 6. The third kappa shape index (κ3) is 4.91. The Kier molecular flexibility index (Phi) is 6.50. The molecule has 156 valence electrons. The van der Waals surface area contributed by atoms with Crippen LogP contribution in [0.25, 0.3) is 17.5 Å². The number of carboxylic acids is 1. The molecule has 1 aromatic carbocycles. The second-order valence-corrected chi connectivity index (χ2v) is 9.04. The van der Waals surface area contributed by atoms with E-state index < -0.39 is 5.97 Å². The first-order valence-electron chi connectivity index (χ1n) is 9.35. The number of halogens is 2. The van der Waals surface area contributed by atoms with Crippen molar-refractivity contribution in [2.75, 3.05) is 18.0 Å². The van der Waals surface area contributed by atoms with Crippen LogP contribution in [0.2, 0.25) is 5.02 Å². The number of thioether (sulfide) groups is 1. The van der Waals surface area contributed by atoms with Crippen LogP contribution < -0.4 is 4.90 Å². The van der Waals surface area contributed by atoms with Crippen LogP contribution in [0.15, 0.2) is 49.3 Å². The number of carboxylic acid groups (broad SMARTS) is 1. The molecule has 3 aromatic rings.